The predicted molar refractivity (Wildman–Crippen MR) is 154 cm³/mol. The van der Waals surface area contributed by atoms with Crippen LogP contribution in [0.1, 0.15) is 25.0 Å². The second-order valence-corrected chi connectivity index (χ2v) is 10.6. The van der Waals surface area contributed by atoms with Crippen molar-refractivity contribution in [3.8, 4) is 5.75 Å². The van der Waals surface area contributed by atoms with Gasteiger partial charge in [0.25, 0.3) is 5.91 Å². The topological polar surface area (TPSA) is 41.9 Å². The first-order valence-electron chi connectivity index (χ1n) is 11.8. The number of aliphatic imine (C=N–C) groups is 1. The van der Waals surface area contributed by atoms with E-state index in [9.17, 15) is 4.79 Å². The van der Waals surface area contributed by atoms with E-state index in [0.29, 0.717) is 16.7 Å². The molecule has 0 radical (unpaired) electrons. The molecule has 1 saturated heterocycles. The lowest BCUT2D eigenvalue weighted by Gasteiger charge is -2.19. The lowest BCUT2D eigenvalue weighted by molar-refractivity contribution is -0.123. The Morgan fingerprint density at radius 3 is 2.42 bits per heavy atom. The SMILES string of the molecule is CC(C)N1C(=O)/C(=C\c2c(OCc3ccc(Br)cc3)ccc3ccccc23)SC1=Nc1ccccc1. The first-order chi connectivity index (χ1) is 17.5. The van der Waals surface area contributed by atoms with Crippen LogP contribution in [0, 0.1) is 0 Å². The molecule has 4 aromatic carbocycles. The smallest absolute Gasteiger partial charge is 0.266 e. The van der Waals surface area contributed by atoms with E-state index in [1.807, 2.05) is 92.7 Å². The van der Waals surface area contributed by atoms with Crippen molar-refractivity contribution in [3.63, 3.8) is 0 Å². The van der Waals surface area contributed by atoms with Gasteiger partial charge in [0.05, 0.1) is 10.6 Å². The molecule has 1 fully saturated rings. The van der Waals surface area contributed by atoms with E-state index in [1.54, 1.807) is 4.90 Å². The molecule has 6 heteroatoms. The van der Waals surface area contributed by atoms with E-state index in [0.717, 1.165) is 37.8 Å². The number of carbonyl (C=O) groups is 1. The molecule has 0 N–H and O–H groups in total. The third-order valence-electron chi connectivity index (χ3n) is 5.85. The molecule has 1 amide bonds. The summed E-state index contributed by atoms with van der Waals surface area (Å²) in [6.07, 6.45) is 1.95. The second kappa shape index (κ2) is 10.7. The van der Waals surface area contributed by atoms with Gasteiger partial charge in [0, 0.05) is 16.1 Å². The van der Waals surface area contributed by atoms with Gasteiger partial charge in [0.15, 0.2) is 5.17 Å². The molecule has 0 aliphatic carbocycles. The molecule has 0 atom stereocenters. The molecule has 0 aromatic heterocycles. The summed E-state index contributed by atoms with van der Waals surface area (Å²) in [4.78, 5) is 20.7. The summed E-state index contributed by atoms with van der Waals surface area (Å²) in [6, 6.07) is 30.0. The van der Waals surface area contributed by atoms with Crippen LogP contribution in [-0.4, -0.2) is 22.0 Å². The number of halogens is 1. The minimum Gasteiger partial charge on any atom is -0.488 e. The van der Waals surface area contributed by atoms with E-state index >= 15 is 0 Å². The average molecular weight is 558 g/mol. The number of amidine groups is 1. The van der Waals surface area contributed by atoms with Crippen molar-refractivity contribution in [2.75, 3.05) is 0 Å². The van der Waals surface area contributed by atoms with Gasteiger partial charge < -0.3 is 4.74 Å². The van der Waals surface area contributed by atoms with Crippen LogP contribution in [0.25, 0.3) is 16.8 Å². The van der Waals surface area contributed by atoms with Gasteiger partial charge >= 0.3 is 0 Å². The summed E-state index contributed by atoms with van der Waals surface area (Å²) in [5, 5.41) is 2.82. The summed E-state index contributed by atoms with van der Waals surface area (Å²) in [5.74, 6) is 0.693. The molecule has 1 aliphatic rings. The predicted octanol–water partition coefficient (Wildman–Crippen LogP) is 8.19. The number of thioether (sulfide) groups is 1. The molecule has 5 rings (SSSR count). The Morgan fingerprint density at radius 1 is 0.944 bits per heavy atom. The van der Waals surface area contributed by atoms with Crippen LogP contribution >= 0.6 is 27.7 Å². The van der Waals surface area contributed by atoms with Crippen LogP contribution in [0.4, 0.5) is 5.69 Å². The Balaban J connectivity index is 1.54. The fourth-order valence-electron chi connectivity index (χ4n) is 4.06. The number of benzene rings is 4. The van der Waals surface area contributed by atoms with Crippen LogP contribution < -0.4 is 4.74 Å². The van der Waals surface area contributed by atoms with Crippen LogP contribution in [0.5, 0.6) is 5.75 Å². The Morgan fingerprint density at radius 2 is 1.67 bits per heavy atom. The Hall–Kier alpha value is -3.35. The van der Waals surface area contributed by atoms with E-state index in [4.69, 9.17) is 9.73 Å². The number of amides is 1. The zero-order chi connectivity index (χ0) is 25.1. The fourth-order valence-corrected chi connectivity index (χ4v) is 5.42. The standard InChI is InChI=1S/C30H25BrN2O2S/c1-20(2)33-29(34)28(36-30(33)32-24-9-4-3-5-10-24)18-26-25-11-7-6-8-22(25)14-17-27(26)35-19-21-12-15-23(31)16-13-21/h3-18,20H,19H2,1-2H3/b28-18+,32-30?. The second-order valence-electron chi connectivity index (χ2n) is 8.72. The monoisotopic (exact) mass is 556 g/mol. The quantitative estimate of drug-likeness (QED) is 0.225. The molecule has 4 aromatic rings. The molecule has 0 spiro atoms. The Bertz CT molecular complexity index is 1460. The summed E-state index contributed by atoms with van der Waals surface area (Å²) in [5.41, 5.74) is 2.79. The van der Waals surface area contributed by atoms with Gasteiger partial charge in [-0.3, -0.25) is 9.69 Å². The molecule has 0 bridgehead atoms. The number of rotatable bonds is 6. The van der Waals surface area contributed by atoms with Crippen molar-refractivity contribution in [1.82, 2.24) is 4.90 Å². The molecule has 36 heavy (non-hydrogen) atoms. The summed E-state index contributed by atoms with van der Waals surface area (Å²) in [7, 11) is 0. The number of hydrogen-bond donors (Lipinski definition) is 0. The number of ether oxygens (including phenoxy) is 1. The number of para-hydroxylation sites is 1. The van der Waals surface area contributed by atoms with E-state index in [-0.39, 0.29) is 11.9 Å². The Kier molecular flexibility index (Phi) is 7.25. The molecule has 1 aliphatic heterocycles. The average Bonchev–Trinajstić information content (AvgIpc) is 3.19. The van der Waals surface area contributed by atoms with Gasteiger partial charge in [-0.1, -0.05) is 76.6 Å². The first-order valence-corrected chi connectivity index (χ1v) is 13.4. The molecule has 1 heterocycles. The summed E-state index contributed by atoms with van der Waals surface area (Å²) in [6.45, 7) is 4.45. The van der Waals surface area contributed by atoms with Crippen LogP contribution in [0.3, 0.4) is 0 Å². The molecule has 0 saturated carbocycles. The van der Waals surface area contributed by atoms with E-state index in [2.05, 4.69) is 34.1 Å². The van der Waals surface area contributed by atoms with Crippen molar-refractivity contribution in [2.24, 2.45) is 4.99 Å². The first kappa shape index (κ1) is 24.3. The van der Waals surface area contributed by atoms with Gasteiger partial charge in [-0.05, 0) is 78.4 Å². The largest absolute Gasteiger partial charge is 0.488 e. The van der Waals surface area contributed by atoms with Gasteiger partial charge in [-0.2, -0.15) is 0 Å². The van der Waals surface area contributed by atoms with Crippen LogP contribution in [0.2, 0.25) is 0 Å². The fraction of sp³-hybridized carbons (Fsp3) is 0.133. The van der Waals surface area contributed by atoms with Crippen molar-refractivity contribution in [3.05, 3.63) is 112 Å². The molecule has 0 unspecified atom stereocenters. The number of carbonyl (C=O) groups excluding carboxylic acids is 1. The lowest BCUT2D eigenvalue weighted by Crippen LogP contribution is -2.35. The molecule has 180 valence electrons. The minimum atomic E-state index is -0.0449. The summed E-state index contributed by atoms with van der Waals surface area (Å²) < 4.78 is 7.32. The van der Waals surface area contributed by atoms with Crippen molar-refractivity contribution < 1.29 is 9.53 Å². The Labute approximate surface area is 223 Å². The highest BCUT2D eigenvalue weighted by Gasteiger charge is 2.35. The number of hydrogen-bond acceptors (Lipinski definition) is 4. The normalized spacial score (nSPS) is 16.0. The third kappa shape index (κ3) is 5.25. The highest BCUT2D eigenvalue weighted by molar-refractivity contribution is 9.10. The van der Waals surface area contributed by atoms with E-state index < -0.39 is 0 Å². The zero-order valence-corrected chi connectivity index (χ0v) is 22.4. The third-order valence-corrected chi connectivity index (χ3v) is 7.36. The van der Waals surface area contributed by atoms with Gasteiger partial charge in [0.1, 0.15) is 12.4 Å². The molecular formula is C30H25BrN2O2S. The molecular weight excluding hydrogens is 532 g/mol. The number of fused-ring (bicyclic) bond motifs is 1. The van der Waals surface area contributed by atoms with Crippen molar-refractivity contribution in [2.45, 2.75) is 26.5 Å². The highest BCUT2D eigenvalue weighted by Crippen LogP contribution is 2.38. The zero-order valence-electron chi connectivity index (χ0n) is 20.0. The van der Waals surface area contributed by atoms with E-state index in [1.165, 1.54) is 11.8 Å². The van der Waals surface area contributed by atoms with Gasteiger partial charge in [-0.15, -0.1) is 0 Å². The maximum Gasteiger partial charge on any atom is 0.266 e. The van der Waals surface area contributed by atoms with Crippen LogP contribution in [0.15, 0.2) is 105 Å². The number of nitrogens with zero attached hydrogens (tertiary/aromatic N) is 2. The van der Waals surface area contributed by atoms with Crippen molar-refractivity contribution in [1.29, 1.82) is 0 Å². The summed E-state index contributed by atoms with van der Waals surface area (Å²) >= 11 is 4.88. The van der Waals surface area contributed by atoms with Crippen LogP contribution in [-0.2, 0) is 11.4 Å². The van der Waals surface area contributed by atoms with Gasteiger partial charge in [-0.25, -0.2) is 4.99 Å². The maximum absolute atomic E-state index is 13.5. The lowest BCUT2D eigenvalue weighted by atomic mass is 10.0. The maximum atomic E-state index is 13.5. The minimum absolute atomic E-state index is 0.0148. The van der Waals surface area contributed by atoms with Gasteiger partial charge in [0.2, 0.25) is 0 Å². The highest BCUT2D eigenvalue weighted by atomic mass is 79.9. The van der Waals surface area contributed by atoms with Crippen molar-refractivity contribution >= 4 is 61.3 Å². The molecule has 4 nitrogen and oxygen atoms in total.